The van der Waals surface area contributed by atoms with Gasteiger partial charge in [-0.1, -0.05) is 28.9 Å². The number of halogens is 1. The SMILES string of the molecule is N#Cc1cnnn1-c1ccccc1Cl. The number of benzene rings is 1. The van der Waals surface area contributed by atoms with Gasteiger partial charge in [0, 0.05) is 0 Å². The van der Waals surface area contributed by atoms with Gasteiger partial charge in [-0.2, -0.15) is 5.26 Å². The first-order chi connectivity index (χ1) is 6.83. The van der Waals surface area contributed by atoms with Crippen molar-refractivity contribution < 1.29 is 0 Å². The molecule has 0 aliphatic heterocycles. The summed E-state index contributed by atoms with van der Waals surface area (Å²) in [5, 5.41) is 16.7. The number of para-hydroxylation sites is 1. The summed E-state index contributed by atoms with van der Waals surface area (Å²) < 4.78 is 1.41. The van der Waals surface area contributed by atoms with Crippen LogP contribution in [0, 0.1) is 11.3 Å². The Bertz CT molecular complexity index is 498. The van der Waals surface area contributed by atoms with Crippen molar-refractivity contribution in [3.05, 3.63) is 41.2 Å². The molecule has 0 unspecified atom stereocenters. The van der Waals surface area contributed by atoms with E-state index in [1.807, 2.05) is 18.2 Å². The van der Waals surface area contributed by atoms with Crippen LogP contribution in [0.25, 0.3) is 5.69 Å². The number of nitrogens with zero attached hydrogens (tertiary/aromatic N) is 4. The second kappa shape index (κ2) is 3.48. The van der Waals surface area contributed by atoms with Gasteiger partial charge in [-0.15, -0.1) is 5.10 Å². The zero-order chi connectivity index (χ0) is 9.97. The lowest BCUT2D eigenvalue weighted by molar-refractivity contribution is 0.796. The molecule has 0 N–H and O–H groups in total. The van der Waals surface area contributed by atoms with Crippen LogP contribution in [0.15, 0.2) is 30.5 Å². The van der Waals surface area contributed by atoms with Gasteiger partial charge in [0.2, 0.25) is 0 Å². The molecule has 0 fully saturated rings. The van der Waals surface area contributed by atoms with Crippen LogP contribution in [0.3, 0.4) is 0 Å². The Balaban J connectivity index is 2.62. The van der Waals surface area contributed by atoms with Crippen molar-refractivity contribution in [1.82, 2.24) is 15.0 Å². The first kappa shape index (κ1) is 8.73. The van der Waals surface area contributed by atoms with Crippen LogP contribution < -0.4 is 0 Å². The van der Waals surface area contributed by atoms with E-state index in [4.69, 9.17) is 16.9 Å². The molecule has 1 heterocycles. The summed E-state index contributed by atoms with van der Waals surface area (Å²) in [7, 11) is 0. The highest BCUT2D eigenvalue weighted by Gasteiger charge is 2.07. The third kappa shape index (κ3) is 1.34. The summed E-state index contributed by atoms with van der Waals surface area (Å²) >= 11 is 5.95. The lowest BCUT2D eigenvalue weighted by Crippen LogP contribution is -2.00. The maximum absolute atomic E-state index is 8.77. The zero-order valence-corrected chi connectivity index (χ0v) is 7.81. The van der Waals surface area contributed by atoms with Crippen molar-refractivity contribution in [3.63, 3.8) is 0 Å². The summed E-state index contributed by atoms with van der Waals surface area (Å²) in [5.74, 6) is 0. The van der Waals surface area contributed by atoms with E-state index in [0.29, 0.717) is 16.4 Å². The van der Waals surface area contributed by atoms with E-state index >= 15 is 0 Å². The number of aromatic nitrogens is 3. The van der Waals surface area contributed by atoms with Crippen molar-refractivity contribution in [2.45, 2.75) is 0 Å². The fourth-order valence-electron chi connectivity index (χ4n) is 1.11. The summed E-state index contributed by atoms with van der Waals surface area (Å²) in [5.41, 5.74) is 1.02. The van der Waals surface area contributed by atoms with E-state index in [1.54, 1.807) is 12.1 Å². The first-order valence-corrected chi connectivity index (χ1v) is 4.26. The van der Waals surface area contributed by atoms with Gasteiger partial charge in [-0.25, -0.2) is 4.68 Å². The third-order valence-corrected chi connectivity index (χ3v) is 2.06. The predicted molar refractivity (Wildman–Crippen MR) is 51.1 cm³/mol. The first-order valence-electron chi connectivity index (χ1n) is 3.88. The van der Waals surface area contributed by atoms with Crippen molar-refractivity contribution in [3.8, 4) is 11.8 Å². The van der Waals surface area contributed by atoms with Crippen LogP contribution in [0.2, 0.25) is 5.02 Å². The summed E-state index contributed by atoms with van der Waals surface area (Å²) in [6, 6.07) is 9.13. The molecule has 5 heteroatoms. The van der Waals surface area contributed by atoms with Crippen LogP contribution in [0.1, 0.15) is 5.69 Å². The Morgan fingerprint density at radius 1 is 1.36 bits per heavy atom. The monoisotopic (exact) mass is 204 g/mol. The van der Waals surface area contributed by atoms with Gasteiger partial charge in [0.05, 0.1) is 16.9 Å². The van der Waals surface area contributed by atoms with Crippen LogP contribution >= 0.6 is 11.6 Å². The number of hydrogen-bond acceptors (Lipinski definition) is 3. The molecule has 0 saturated carbocycles. The Hall–Kier alpha value is -1.86. The Kier molecular flexibility index (Phi) is 2.17. The average Bonchev–Trinajstić information content (AvgIpc) is 2.66. The largest absolute Gasteiger partial charge is 0.201 e. The Morgan fingerprint density at radius 2 is 2.14 bits per heavy atom. The average molecular weight is 205 g/mol. The molecular weight excluding hydrogens is 200 g/mol. The van der Waals surface area contributed by atoms with Crippen LogP contribution in [0.5, 0.6) is 0 Å². The molecule has 0 amide bonds. The smallest absolute Gasteiger partial charge is 0.164 e. The van der Waals surface area contributed by atoms with Crippen LogP contribution in [0.4, 0.5) is 0 Å². The summed E-state index contributed by atoms with van der Waals surface area (Å²) in [4.78, 5) is 0. The molecule has 1 aromatic heterocycles. The standard InChI is InChI=1S/C9H5ClN4/c10-8-3-1-2-4-9(8)14-7(5-11)6-12-13-14/h1-4,6H. The molecule has 14 heavy (non-hydrogen) atoms. The predicted octanol–water partition coefficient (Wildman–Crippen LogP) is 1.79. The summed E-state index contributed by atoms with van der Waals surface area (Å²) in [6.07, 6.45) is 1.39. The molecule has 0 saturated heterocycles. The molecule has 2 aromatic rings. The highest BCUT2D eigenvalue weighted by molar-refractivity contribution is 6.32. The van der Waals surface area contributed by atoms with Gasteiger partial charge < -0.3 is 0 Å². The van der Waals surface area contributed by atoms with E-state index in [0.717, 1.165) is 0 Å². The third-order valence-electron chi connectivity index (χ3n) is 1.74. The van der Waals surface area contributed by atoms with Crippen molar-refractivity contribution >= 4 is 11.6 Å². The van der Waals surface area contributed by atoms with E-state index in [1.165, 1.54) is 10.9 Å². The summed E-state index contributed by atoms with van der Waals surface area (Å²) in [6.45, 7) is 0. The molecule has 4 nitrogen and oxygen atoms in total. The van der Waals surface area contributed by atoms with E-state index < -0.39 is 0 Å². The second-order valence-electron chi connectivity index (χ2n) is 2.59. The quantitative estimate of drug-likeness (QED) is 0.712. The second-order valence-corrected chi connectivity index (χ2v) is 3.00. The Morgan fingerprint density at radius 3 is 2.86 bits per heavy atom. The normalized spacial score (nSPS) is 9.71. The van der Waals surface area contributed by atoms with Gasteiger partial charge in [0.25, 0.3) is 0 Å². The van der Waals surface area contributed by atoms with Crippen molar-refractivity contribution in [2.24, 2.45) is 0 Å². The van der Waals surface area contributed by atoms with Gasteiger partial charge in [0.1, 0.15) is 6.07 Å². The lowest BCUT2D eigenvalue weighted by Gasteiger charge is -2.02. The van der Waals surface area contributed by atoms with Crippen LogP contribution in [-0.4, -0.2) is 15.0 Å². The zero-order valence-electron chi connectivity index (χ0n) is 7.05. The molecule has 68 valence electrons. The molecule has 1 aromatic carbocycles. The minimum atomic E-state index is 0.359. The fourth-order valence-corrected chi connectivity index (χ4v) is 1.33. The maximum atomic E-state index is 8.77. The fraction of sp³-hybridized carbons (Fsp3) is 0. The van der Waals surface area contributed by atoms with Crippen LogP contribution in [-0.2, 0) is 0 Å². The molecular formula is C9H5ClN4. The molecule has 0 aliphatic carbocycles. The number of rotatable bonds is 1. The number of nitriles is 1. The maximum Gasteiger partial charge on any atom is 0.164 e. The van der Waals surface area contributed by atoms with Crippen molar-refractivity contribution in [2.75, 3.05) is 0 Å². The van der Waals surface area contributed by atoms with E-state index in [2.05, 4.69) is 10.3 Å². The van der Waals surface area contributed by atoms with Crippen molar-refractivity contribution in [1.29, 1.82) is 5.26 Å². The highest BCUT2D eigenvalue weighted by Crippen LogP contribution is 2.19. The van der Waals surface area contributed by atoms with E-state index in [-0.39, 0.29) is 0 Å². The molecule has 0 bridgehead atoms. The molecule has 0 radical (unpaired) electrons. The minimum absolute atomic E-state index is 0.359. The van der Waals surface area contributed by atoms with Gasteiger partial charge in [-0.05, 0) is 12.1 Å². The number of hydrogen-bond donors (Lipinski definition) is 0. The topological polar surface area (TPSA) is 54.5 Å². The molecule has 0 aliphatic rings. The highest BCUT2D eigenvalue weighted by atomic mass is 35.5. The van der Waals surface area contributed by atoms with Gasteiger partial charge >= 0.3 is 0 Å². The molecule has 2 rings (SSSR count). The molecule has 0 spiro atoms. The lowest BCUT2D eigenvalue weighted by atomic mass is 10.3. The Labute approximate surface area is 85.3 Å². The van der Waals surface area contributed by atoms with Gasteiger partial charge in [0.15, 0.2) is 5.69 Å². The van der Waals surface area contributed by atoms with E-state index in [9.17, 15) is 0 Å². The molecule has 0 atom stereocenters. The van der Waals surface area contributed by atoms with Gasteiger partial charge in [-0.3, -0.25) is 0 Å². The minimum Gasteiger partial charge on any atom is -0.201 e.